The molecule has 1 rings (SSSR count). The Balaban J connectivity index is 0.00000400. The number of methoxy groups -OCH3 is 1. The molecule has 4 nitrogen and oxygen atoms in total. The van der Waals surface area contributed by atoms with Crippen LogP contribution in [0.2, 0.25) is 0 Å². The first kappa shape index (κ1) is 20.0. The van der Waals surface area contributed by atoms with Gasteiger partial charge in [-0.3, -0.25) is 0 Å². The summed E-state index contributed by atoms with van der Waals surface area (Å²) in [6.07, 6.45) is 1.33. The van der Waals surface area contributed by atoms with Gasteiger partial charge in [-0.25, -0.2) is 0 Å². The van der Waals surface area contributed by atoms with E-state index in [1.54, 1.807) is 7.11 Å². The summed E-state index contributed by atoms with van der Waals surface area (Å²) >= 11 is 0. The zero-order valence-electron chi connectivity index (χ0n) is 13.5. The summed E-state index contributed by atoms with van der Waals surface area (Å²) in [5.74, 6) is 1.58. The van der Waals surface area contributed by atoms with E-state index in [0.29, 0.717) is 12.7 Å². The molecule has 1 aromatic rings. The van der Waals surface area contributed by atoms with Crippen molar-refractivity contribution in [1.29, 1.82) is 0 Å². The van der Waals surface area contributed by atoms with Crippen molar-refractivity contribution in [3.8, 4) is 11.5 Å². The van der Waals surface area contributed by atoms with Crippen LogP contribution in [0, 0.1) is 0 Å². The van der Waals surface area contributed by atoms with Crippen LogP contribution in [0.3, 0.4) is 0 Å². The summed E-state index contributed by atoms with van der Waals surface area (Å²) in [4.78, 5) is 0. The first-order valence-corrected chi connectivity index (χ1v) is 7.29. The van der Waals surface area contributed by atoms with Crippen LogP contribution in [0.15, 0.2) is 18.2 Å². The lowest BCUT2D eigenvalue weighted by atomic mass is 10.2. The standard InChI is InChI=1S/C16H27NO3.ClH/c1-5-19-15-8-7-14(11-16(15)18-4)12-17-9-6-10-20-13(2)3;/h7-8,11,13,17H,5-6,9-10,12H2,1-4H3;1H. The Labute approximate surface area is 134 Å². The van der Waals surface area contributed by atoms with E-state index in [9.17, 15) is 0 Å². The van der Waals surface area contributed by atoms with Gasteiger partial charge in [0.05, 0.1) is 19.8 Å². The fourth-order valence-corrected chi connectivity index (χ4v) is 1.85. The second-order valence-electron chi connectivity index (χ2n) is 4.87. The first-order chi connectivity index (χ1) is 9.67. The quantitative estimate of drug-likeness (QED) is 0.671. The number of nitrogens with one attached hydrogen (secondary N) is 1. The molecule has 0 aliphatic rings. The SMILES string of the molecule is CCOc1ccc(CNCCCOC(C)C)cc1OC.Cl. The molecule has 0 spiro atoms. The fraction of sp³-hybridized carbons (Fsp3) is 0.625. The number of hydrogen-bond donors (Lipinski definition) is 1. The van der Waals surface area contributed by atoms with Crippen LogP contribution in [0.25, 0.3) is 0 Å². The average Bonchev–Trinajstić information content (AvgIpc) is 2.44. The lowest BCUT2D eigenvalue weighted by Gasteiger charge is -2.12. The largest absolute Gasteiger partial charge is 0.493 e. The maximum absolute atomic E-state index is 5.50. The van der Waals surface area contributed by atoms with E-state index >= 15 is 0 Å². The zero-order chi connectivity index (χ0) is 14.8. The smallest absolute Gasteiger partial charge is 0.161 e. The predicted molar refractivity (Wildman–Crippen MR) is 88.8 cm³/mol. The molecule has 1 aromatic carbocycles. The molecule has 0 fully saturated rings. The van der Waals surface area contributed by atoms with Crippen LogP contribution < -0.4 is 14.8 Å². The molecule has 0 saturated heterocycles. The van der Waals surface area contributed by atoms with Gasteiger partial charge in [0.1, 0.15) is 0 Å². The van der Waals surface area contributed by atoms with E-state index in [1.807, 2.05) is 19.1 Å². The molecule has 122 valence electrons. The normalized spacial score (nSPS) is 10.3. The lowest BCUT2D eigenvalue weighted by molar-refractivity contribution is 0.0770. The summed E-state index contributed by atoms with van der Waals surface area (Å²) in [6.45, 7) is 9.29. The Morgan fingerprint density at radius 3 is 2.57 bits per heavy atom. The fourth-order valence-electron chi connectivity index (χ4n) is 1.85. The van der Waals surface area contributed by atoms with E-state index in [2.05, 4.69) is 25.2 Å². The van der Waals surface area contributed by atoms with Crippen molar-refractivity contribution in [2.75, 3.05) is 26.9 Å². The highest BCUT2D eigenvalue weighted by molar-refractivity contribution is 5.85. The van der Waals surface area contributed by atoms with E-state index in [-0.39, 0.29) is 12.4 Å². The Morgan fingerprint density at radius 1 is 1.19 bits per heavy atom. The minimum Gasteiger partial charge on any atom is -0.493 e. The van der Waals surface area contributed by atoms with Gasteiger partial charge in [0, 0.05) is 13.2 Å². The first-order valence-electron chi connectivity index (χ1n) is 7.29. The molecule has 0 amide bonds. The minimum absolute atomic E-state index is 0. The van der Waals surface area contributed by atoms with Crippen molar-refractivity contribution in [2.45, 2.75) is 39.8 Å². The zero-order valence-corrected chi connectivity index (χ0v) is 14.3. The highest BCUT2D eigenvalue weighted by Gasteiger charge is 2.04. The third kappa shape index (κ3) is 8.15. The maximum atomic E-state index is 5.50. The average molecular weight is 318 g/mol. The maximum Gasteiger partial charge on any atom is 0.161 e. The van der Waals surface area contributed by atoms with Gasteiger partial charge in [-0.2, -0.15) is 0 Å². The van der Waals surface area contributed by atoms with E-state index < -0.39 is 0 Å². The van der Waals surface area contributed by atoms with Gasteiger partial charge < -0.3 is 19.5 Å². The second-order valence-corrected chi connectivity index (χ2v) is 4.87. The van der Waals surface area contributed by atoms with Gasteiger partial charge in [0.2, 0.25) is 0 Å². The molecule has 21 heavy (non-hydrogen) atoms. The molecule has 0 aliphatic carbocycles. The molecule has 5 heteroatoms. The molecule has 1 N–H and O–H groups in total. The molecular weight excluding hydrogens is 290 g/mol. The van der Waals surface area contributed by atoms with Gasteiger partial charge in [0.25, 0.3) is 0 Å². The number of hydrogen-bond acceptors (Lipinski definition) is 4. The topological polar surface area (TPSA) is 39.7 Å². The molecule has 0 heterocycles. The summed E-state index contributed by atoms with van der Waals surface area (Å²) in [6, 6.07) is 6.04. The van der Waals surface area contributed by atoms with E-state index in [4.69, 9.17) is 14.2 Å². The summed E-state index contributed by atoms with van der Waals surface area (Å²) < 4.78 is 16.3. The van der Waals surface area contributed by atoms with Gasteiger partial charge in [0.15, 0.2) is 11.5 Å². The van der Waals surface area contributed by atoms with Crippen LogP contribution in [0.1, 0.15) is 32.8 Å². The molecule has 0 unspecified atom stereocenters. The van der Waals surface area contributed by atoms with Crippen molar-refractivity contribution < 1.29 is 14.2 Å². The van der Waals surface area contributed by atoms with Crippen molar-refractivity contribution in [1.82, 2.24) is 5.32 Å². The van der Waals surface area contributed by atoms with Crippen LogP contribution in [-0.2, 0) is 11.3 Å². The second kappa shape index (κ2) is 11.7. The van der Waals surface area contributed by atoms with Gasteiger partial charge in [-0.05, 0) is 51.4 Å². The van der Waals surface area contributed by atoms with Crippen molar-refractivity contribution in [2.24, 2.45) is 0 Å². The van der Waals surface area contributed by atoms with Crippen molar-refractivity contribution in [3.05, 3.63) is 23.8 Å². The summed E-state index contributed by atoms with van der Waals surface area (Å²) in [5.41, 5.74) is 1.19. The van der Waals surface area contributed by atoms with Crippen molar-refractivity contribution in [3.63, 3.8) is 0 Å². The third-order valence-corrected chi connectivity index (χ3v) is 2.81. The Hall–Kier alpha value is -0.970. The van der Waals surface area contributed by atoms with Gasteiger partial charge >= 0.3 is 0 Å². The molecule has 0 saturated carbocycles. The number of benzene rings is 1. The molecule has 0 aliphatic heterocycles. The Morgan fingerprint density at radius 2 is 1.95 bits per heavy atom. The van der Waals surface area contributed by atoms with E-state index in [0.717, 1.165) is 37.6 Å². The number of halogens is 1. The number of ether oxygens (including phenoxy) is 3. The highest BCUT2D eigenvalue weighted by atomic mass is 35.5. The molecule has 0 bridgehead atoms. The highest BCUT2D eigenvalue weighted by Crippen LogP contribution is 2.27. The molecular formula is C16H28ClNO3. The predicted octanol–water partition coefficient (Wildman–Crippen LogP) is 3.42. The van der Waals surface area contributed by atoms with E-state index in [1.165, 1.54) is 5.56 Å². The van der Waals surface area contributed by atoms with Crippen LogP contribution in [0.5, 0.6) is 11.5 Å². The minimum atomic E-state index is 0. The monoisotopic (exact) mass is 317 g/mol. The lowest BCUT2D eigenvalue weighted by Crippen LogP contribution is -2.17. The Bertz CT molecular complexity index is 386. The van der Waals surface area contributed by atoms with Gasteiger partial charge in [-0.15, -0.1) is 12.4 Å². The third-order valence-electron chi connectivity index (χ3n) is 2.81. The molecule has 0 atom stereocenters. The summed E-state index contributed by atoms with van der Waals surface area (Å²) in [5, 5.41) is 3.40. The van der Waals surface area contributed by atoms with Gasteiger partial charge in [-0.1, -0.05) is 6.07 Å². The molecule has 0 radical (unpaired) electrons. The Kier molecular flexibility index (Phi) is 11.1. The molecule has 0 aromatic heterocycles. The van der Waals surface area contributed by atoms with Crippen LogP contribution in [-0.4, -0.2) is 33.0 Å². The number of rotatable bonds is 10. The van der Waals surface area contributed by atoms with Crippen molar-refractivity contribution >= 4 is 12.4 Å². The summed E-state index contributed by atoms with van der Waals surface area (Å²) in [7, 11) is 1.66. The van der Waals surface area contributed by atoms with Crippen LogP contribution >= 0.6 is 12.4 Å². The van der Waals surface area contributed by atoms with Crippen LogP contribution in [0.4, 0.5) is 0 Å².